The molecule has 8 rings (SSSR count). The Balaban J connectivity index is 0.000000169. The molecule has 0 amide bonds. The van der Waals surface area contributed by atoms with Gasteiger partial charge in [0.1, 0.15) is 22.8 Å². The molecule has 0 unspecified atom stereocenters. The summed E-state index contributed by atoms with van der Waals surface area (Å²) in [6.45, 7) is 4.95. The van der Waals surface area contributed by atoms with Crippen LogP contribution in [-0.2, 0) is 4.74 Å². The monoisotopic (exact) mass is 776 g/mol. The van der Waals surface area contributed by atoms with Gasteiger partial charge in [-0.2, -0.15) is 0 Å². The van der Waals surface area contributed by atoms with E-state index in [-0.39, 0.29) is 23.6 Å². The van der Waals surface area contributed by atoms with Crippen molar-refractivity contribution < 1.29 is 19.4 Å². The van der Waals surface area contributed by atoms with Crippen LogP contribution >= 0.6 is 23.2 Å². The Morgan fingerprint density at radius 3 is 1.65 bits per heavy atom. The van der Waals surface area contributed by atoms with Crippen molar-refractivity contribution in [2.24, 2.45) is 0 Å². The summed E-state index contributed by atoms with van der Waals surface area (Å²) in [4.78, 5) is 41.6. The molecule has 0 aliphatic carbocycles. The van der Waals surface area contributed by atoms with Gasteiger partial charge in [0.05, 0.1) is 19.2 Å². The lowest BCUT2D eigenvalue weighted by Crippen LogP contribution is -2.52. The number of halogens is 2. The standard InChI is InChI=1S/C22H22ClN3O2.C21H20ClN3O2/c1-28-22(27)20-6-3-11-24-21(20)25-12-13-26-18(9-10-19(26)15-25)8-7-16-4-2-5-17(23)14-16;22-16-4-1-3-15(13-16)6-7-17-8-9-18-14-24(11-12-25(17)18)20-19(21(26)27)5-2-10-23-20/h2-6,11,14,18-19H,9-10,12-13,15H2,1H3;1-5,10,13,17-18H,8-9,11-12,14H2,(H,26,27)/t18-,19-;17-,18-/m00/s1. The smallest absolute Gasteiger partial charge is 0.341 e. The summed E-state index contributed by atoms with van der Waals surface area (Å²) >= 11 is 12.1. The molecule has 0 saturated carbocycles. The first kappa shape index (κ1) is 38.2. The van der Waals surface area contributed by atoms with Crippen LogP contribution < -0.4 is 9.80 Å². The number of benzene rings is 2. The Kier molecular flexibility index (Phi) is 12.2. The molecule has 12 heteroatoms. The molecule has 4 saturated heterocycles. The summed E-state index contributed by atoms with van der Waals surface area (Å²) in [6, 6.07) is 23.4. The number of esters is 1. The van der Waals surface area contributed by atoms with E-state index in [0.717, 1.165) is 76.1 Å². The summed E-state index contributed by atoms with van der Waals surface area (Å²) in [5.74, 6) is 13.3. The summed E-state index contributed by atoms with van der Waals surface area (Å²) in [7, 11) is 1.40. The third-order valence-electron chi connectivity index (χ3n) is 10.6. The van der Waals surface area contributed by atoms with Gasteiger partial charge in [0.15, 0.2) is 0 Å². The van der Waals surface area contributed by atoms with E-state index in [1.807, 2.05) is 48.5 Å². The number of pyridine rings is 2. The van der Waals surface area contributed by atoms with Crippen LogP contribution in [0.5, 0.6) is 0 Å². The van der Waals surface area contributed by atoms with Crippen molar-refractivity contribution in [3.05, 3.63) is 117 Å². The van der Waals surface area contributed by atoms with E-state index in [9.17, 15) is 14.7 Å². The van der Waals surface area contributed by atoms with Crippen LogP contribution in [0.2, 0.25) is 10.0 Å². The molecule has 4 fully saturated rings. The number of aromatic carboxylic acids is 1. The Morgan fingerprint density at radius 1 is 0.691 bits per heavy atom. The van der Waals surface area contributed by atoms with Crippen molar-refractivity contribution in [2.45, 2.75) is 49.9 Å². The number of hydrogen-bond donors (Lipinski definition) is 1. The third kappa shape index (κ3) is 9.07. The van der Waals surface area contributed by atoms with Crippen LogP contribution in [-0.4, -0.2) is 107 Å². The van der Waals surface area contributed by atoms with Crippen LogP contribution in [0.15, 0.2) is 85.2 Å². The summed E-state index contributed by atoms with van der Waals surface area (Å²) in [5.41, 5.74) is 2.67. The highest BCUT2D eigenvalue weighted by atomic mass is 35.5. The van der Waals surface area contributed by atoms with E-state index in [0.29, 0.717) is 39.3 Å². The van der Waals surface area contributed by atoms with E-state index < -0.39 is 5.97 Å². The molecule has 4 aliphatic heterocycles. The molecule has 10 nitrogen and oxygen atoms in total. The molecule has 4 aromatic rings. The lowest BCUT2D eigenvalue weighted by molar-refractivity contribution is 0.0599. The quantitative estimate of drug-likeness (QED) is 0.186. The van der Waals surface area contributed by atoms with Crippen LogP contribution in [0.3, 0.4) is 0 Å². The molecule has 6 heterocycles. The molecule has 2 aromatic carbocycles. The zero-order valence-electron chi connectivity index (χ0n) is 30.6. The number of fused-ring (bicyclic) bond motifs is 2. The minimum absolute atomic E-state index is 0.235. The summed E-state index contributed by atoms with van der Waals surface area (Å²) in [6.07, 6.45) is 7.61. The van der Waals surface area contributed by atoms with Crippen LogP contribution in [0, 0.1) is 23.7 Å². The largest absolute Gasteiger partial charge is 0.478 e. The number of carboxylic acids is 1. The predicted octanol–water partition coefficient (Wildman–Crippen LogP) is 6.36. The van der Waals surface area contributed by atoms with Crippen molar-refractivity contribution >= 4 is 46.8 Å². The first-order chi connectivity index (χ1) is 26.8. The second-order valence-corrected chi connectivity index (χ2v) is 14.8. The van der Waals surface area contributed by atoms with Crippen molar-refractivity contribution in [1.82, 2.24) is 19.8 Å². The first-order valence-corrected chi connectivity index (χ1v) is 19.3. The molecular weight excluding hydrogens is 735 g/mol. The minimum Gasteiger partial charge on any atom is -0.478 e. The number of piperazine rings is 2. The second-order valence-electron chi connectivity index (χ2n) is 14.0. The van der Waals surface area contributed by atoms with Gasteiger partial charge in [-0.15, -0.1) is 0 Å². The molecule has 0 radical (unpaired) electrons. The average molecular weight is 778 g/mol. The number of anilines is 2. The molecule has 4 atom stereocenters. The van der Waals surface area contributed by atoms with Gasteiger partial charge in [-0.1, -0.05) is 59.0 Å². The number of methoxy groups -OCH3 is 1. The molecule has 0 spiro atoms. The van der Waals surface area contributed by atoms with E-state index in [1.165, 1.54) is 7.11 Å². The highest BCUT2D eigenvalue weighted by Gasteiger charge is 2.39. The first-order valence-electron chi connectivity index (χ1n) is 18.5. The maximum atomic E-state index is 12.1. The number of rotatable bonds is 4. The van der Waals surface area contributed by atoms with Crippen molar-refractivity contribution in [1.29, 1.82) is 0 Å². The Labute approximate surface area is 332 Å². The van der Waals surface area contributed by atoms with Gasteiger partial charge in [0.2, 0.25) is 0 Å². The molecule has 0 bridgehead atoms. The Morgan fingerprint density at radius 2 is 1.18 bits per heavy atom. The third-order valence-corrected chi connectivity index (χ3v) is 11.1. The van der Waals surface area contributed by atoms with E-state index in [1.54, 1.807) is 36.7 Å². The van der Waals surface area contributed by atoms with Crippen molar-refractivity contribution in [3.8, 4) is 23.7 Å². The number of hydrogen-bond acceptors (Lipinski definition) is 9. The zero-order valence-corrected chi connectivity index (χ0v) is 32.1. The van der Waals surface area contributed by atoms with Gasteiger partial charge in [-0.3, -0.25) is 9.80 Å². The maximum Gasteiger partial charge on any atom is 0.341 e. The average Bonchev–Trinajstić information content (AvgIpc) is 3.82. The zero-order chi connectivity index (χ0) is 38.3. The number of carbonyl (C=O) groups excluding carboxylic acids is 1. The summed E-state index contributed by atoms with van der Waals surface area (Å²) in [5, 5.41) is 10.8. The predicted molar refractivity (Wildman–Crippen MR) is 215 cm³/mol. The van der Waals surface area contributed by atoms with Gasteiger partial charge in [-0.25, -0.2) is 19.6 Å². The summed E-state index contributed by atoms with van der Waals surface area (Å²) < 4.78 is 4.91. The van der Waals surface area contributed by atoms with Gasteiger partial charge in [0.25, 0.3) is 0 Å². The minimum atomic E-state index is -0.933. The van der Waals surface area contributed by atoms with Gasteiger partial charge >= 0.3 is 11.9 Å². The highest BCUT2D eigenvalue weighted by molar-refractivity contribution is 6.31. The van der Waals surface area contributed by atoms with Gasteiger partial charge in [-0.05, 0) is 86.3 Å². The Hall–Kier alpha value is -5.10. The van der Waals surface area contributed by atoms with Crippen molar-refractivity contribution in [2.75, 3.05) is 56.2 Å². The number of carbonyl (C=O) groups is 2. The lowest BCUT2D eigenvalue weighted by Gasteiger charge is -2.39. The molecule has 55 heavy (non-hydrogen) atoms. The lowest BCUT2D eigenvalue weighted by atomic mass is 10.1. The fourth-order valence-electron chi connectivity index (χ4n) is 8.00. The topological polar surface area (TPSA) is 102 Å². The molecule has 282 valence electrons. The van der Waals surface area contributed by atoms with Crippen LogP contribution in [0.4, 0.5) is 11.6 Å². The highest BCUT2D eigenvalue weighted by Crippen LogP contribution is 2.32. The van der Waals surface area contributed by atoms with E-state index >= 15 is 0 Å². The maximum absolute atomic E-state index is 12.1. The second kappa shape index (κ2) is 17.6. The fourth-order valence-corrected chi connectivity index (χ4v) is 8.38. The van der Waals surface area contributed by atoms with Crippen LogP contribution in [0.25, 0.3) is 0 Å². The van der Waals surface area contributed by atoms with E-state index in [2.05, 4.69) is 53.2 Å². The molecular formula is C43H42Cl2N6O4. The van der Waals surface area contributed by atoms with Crippen molar-refractivity contribution in [3.63, 3.8) is 0 Å². The number of ether oxygens (including phenoxy) is 1. The normalized spacial score (nSPS) is 21.8. The van der Waals surface area contributed by atoms with Gasteiger partial charge < -0.3 is 19.6 Å². The number of nitrogens with zero attached hydrogens (tertiary/aromatic N) is 6. The molecule has 1 N–H and O–H groups in total. The molecule has 4 aliphatic rings. The SMILES string of the molecule is COC(=O)c1cccnc1N1CCN2[C@@H](CC[C@@H]2C#Cc2cccc(Cl)c2)C1.O=C(O)c1cccnc1N1CCN2[C@@H](CC[C@@H]2C#Cc2cccc(Cl)c2)C1. The van der Waals surface area contributed by atoms with E-state index in [4.69, 9.17) is 27.9 Å². The molecule has 2 aromatic heterocycles. The Bertz CT molecular complexity index is 2160. The number of carboxylic acid groups (broad SMARTS) is 1. The fraction of sp³-hybridized carbons (Fsp3) is 0.349. The van der Waals surface area contributed by atoms with Crippen LogP contribution in [0.1, 0.15) is 57.5 Å². The number of aromatic nitrogens is 2. The van der Waals surface area contributed by atoms with Gasteiger partial charge in [0, 0.05) is 84.9 Å².